The van der Waals surface area contributed by atoms with Crippen molar-refractivity contribution in [1.82, 2.24) is 20.1 Å². The van der Waals surface area contributed by atoms with Crippen LogP contribution in [0, 0.1) is 4.77 Å². The first-order chi connectivity index (χ1) is 11.2. The number of hydrogen-bond donors (Lipinski definition) is 2. The number of nitrogens with one attached hydrogen (secondary N) is 2. The number of hydrogen-bond acceptors (Lipinski definition) is 4. The normalized spacial score (nSPS) is 16.5. The number of nitrogens with zero attached hydrogens (tertiary/aromatic N) is 2. The van der Waals surface area contributed by atoms with E-state index in [1.807, 2.05) is 24.3 Å². The van der Waals surface area contributed by atoms with Crippen molar-refractivity contribution in [2.45, 2.75) is 38.8 Å². The van der Waals surface area contributed by atoms with E-state index >= 15 is 0 Å². The Morgan fingerprint density at radius 2 is 2.35 bits per heavy atom. The largest absolute Gasteiger partial charge is 0.493 e. The summed E-state index contributed by atoms with van der Waals surface area (Å²) in [6, 6.07) is 7.79. The highest BCUT2D eigenvalue weighted by Gasteiger charge is 2.23. The van der Waals surface area contributed by atoms with Crippen LogP contribution in [0.5, 0.6) is 5.75 Å². The van der Waals surface area contributed by atoms with Gasteiger partial charge < -0.3 is 10.1 Å². The summed E-state index contributed by atoms with van der Waals surface area (Å²) in [5, 5.41) is 10.0. The summed E-state index contributed by atoms with van der Waals surface area (Å²) in [7, 11) is 0. The van der Waals surface area contributed by atoms with Crippen LogP contribution in [-0.2, 0) is 17.8 Å². The molecule has 0 fully saturated rings. The maximum Gasteiger partial charge on any atom is 0.240 e. The number of aromatic amines is 1. The molecule has 1 aliphatic heterocycles. The summed E-state index contributed by atoms with van der Waals surface area (Å²) < 4.78 is 7.87. The highest BCUT2D eigenvalue weighted by Crippen LogP contribution is 2.31. The van der Waals surface area contributed by atoms with Crippen LogP contribution in [0.1, 0.15) is 37.2 Å². The number of aromatic nitrogens is 3. The Balaban J connectivity index is 1.72. The third-order valence-corrected chi connectivity index (χ3v) is 4.22. The van der Waals surface area contributed by atoms with E-state index in [9.17, 15) is 4.79 Å². The number of amides is 1. The minimum absolute atomic E-state index is 0.0249. The molecule has 2 N–H and O–H groups in total. The van der Waals surface area contributed by atoms with Gasteiger partial charge in [0.1, 0.15) is 18.1 Å². The van der Waals surface area contributed by atoms with E-state index in [4.69, 9.17) is 17.0 Å². The van der Waals surface area contributed by atoms with Crippen molar-refractivity contribution in [3.8, 4) is 5.75 Å². The van der Waals surface area contributed by atoms with E-state index in [-0.39, 0.29) is 18.5 Å². The van der Waals surface area contributed by atoms with Crippen molar-refractivity contribution < 1.29 is 9.53 Å². The summed E-state index contributed by atoms with van der Waals surface area (Å²) >= 11 is 5.22. The second-order valence-electron chi connectivity index (χ2n) is 5.58. The van der Waals surface area contributed by atoms with E-state index in [0.29, 0.717) is 11.4 Å². The average molecular weight is 332 g/mol. The average Bonchev–Trinajstić information content (AvgIpc) is 2.89. The number of aryl methyl sites for hydroxylation is 1. The molecule has 1 aromatic heterocycles. The van der Waals surface area contributed by atoms with Crippen molar-refractivity contribution in [2.24, 2.45) is 0 Å². The van der Waals surface area contributed by atoms with Gasteiger partial charge in [-0.3, -0.25) is 14.5 Å². The lowest BCUT2D eigenvalue weighted by Gasteiger charge is -2.26. The molecule has 1 atom stereocenters. The van der Waals surface area contributed by atoms with E-state index < -0.39 is 0 Å². The molecule has 7 heteroatoms. The SMILES string of the molecule is CCCc1n[nH]c(=S)n1CC(=O)NC1CCOc2ccccc21. The first kappa shape index (κ1) is 15.7. The van der Waals surface area contributed by atoms with Gasteiger partial charge in [-0.1, -0.05) is 25.1 Å². The lowest BCUT2D eigenvalue weighted by molar-refractivity contribution is -0.122. The number of carbonyl (C=O) groups excluding carboxylic acids is 1. The molecule has 1 aliphatic rings. The second kappa shape index (κ2) is 6.95. The molecule has 3 rings (SSSR count). The molecule has 1 aromatic carbocycles. The Labute approximate surface area is 139 Å². The summed E-state index contributed by atoms with van der Waals surface area (Å²) in [6.45, 7) is 2.86. The number of ether oxygens (including phenoxy) is 1. The Kier molecular flexibility index (Phi) is 4.76. The van der Waals surface area contributed by atoms with Crippen LogP contribution in [0.3, 0.4) is 0 Å². The molecular weight excluding hydrogens is 312 g/mol. The summed E-state index contributed by atoms with van der Waals surface area (Å²) in [5.41, 5.74) is 1.02. The van der Waals surface area contributed by atoms with Crippen LogP contribution in [0.4, 0.5) is 0 Å². The highest BCUT2D eigenvalue weighted by molar-refractivity contribution is 7.71. The maximum absolute atomic E-state index is 12.4. The minimum atomic E-state index is -0.0680. The predicted molar refractivity (Wildman–Crippen MR) is 88.8 cm³/mol. The molecule has 23 heavy (non-hydrogen) atoms. The second-order valence-corrected chi connectivity index (χ2v) is 5.96. The smallest absolute Gasteiger partial charge is 0.240 e. The van der Waals surface area contributed by atoms with Gasteiger partial charge in [0.05, 0.1) is 12.6 Å². The lowest BCUT2D eigenvalue weighted by Crippen LogP contribution is -2.34. The molecule has 1 unspecified atom stereocenters. The number of H-pyrrole nitrogens is 1. The molecule has 0 saturated carbocycles. The van der Waals surface area contributed by atoms with Gasteiger partial charge in [-0.05, 0) is 24.7 Å². The monoisotopic (exact) mass is 332 g/mol. The molecular formula is C16H20N4O2S. The van der Waals surface area contributed by atoms with Crippen molar-refractivity contribution >= 4 is 18.1 Å². The fourth-order valence-electron chi connectivity index (χ4n) is 2.80. The number of para-hydroxylation sites is 1. The Bertz CT molecular complexity index is 753. The fraction of sp³-hybridized carbons (Fsp3) is 0.438. The van der Waals surface area contributed by atoms with E-state index in [1.54, 1.807) is 4.57 Å². The van der Waals surface area contributed by atoms with Crippen LogP contribution in [-0.4, -0.2) is 27.3 Å². The molecule has 1 amide bonds. The molecule has 0 bridgehead atoms. The zero-order chi connectivity index (χ0) is 16.2. The van der Waals surface area contributed by atoms with E-state index in [2.05, 4.69) is 22.4 Å². The number of carbonyl (C=O) groups is 1. The van der Waals surface area contributed by atoms with Crippen molar-refractivity contribution in [3.63, 3.8) is 0 Å². The molecule has 0 saturated heterocycles. The molecule has 2 heterocycles. The minimum Gasteiger partial charge on any atom is -0.493 e. The number of rotatable bonds is 5. The molecule has 122 valence electrons. The lowest BCUT2D eigenvalue weighted by atomic mass is 10.0. The Morgan fingerprint density at radius 3 is 3.17 bits per heavy atom. The maximum atomic E-state index is 12.4. The van der Waals surface area contributed by atoms with E-state index in [1.165, 1.54) is 0 Å². The van der Waals surface area contributed by atoms with Gasteiger partial charge in [-0.2, -0.15) is 5.10 Å². The summed E-state index contributed by atoms with van der Waals surface area (Å²) in [4.78, 5) is 12.4. The van der Waals surface area contributed by atoms with Gasteiger partial charge >= 0.3 is 0 Å². The Hall–Kier alpha value is -2.15. The van der Waals surface area contributed by atoms with Gasteiger partial charge in [0, 0.05) is 18.4 Å². The van der Waals surface area contributed by atoms with Gasteiger partial charge in [-0.15, -0.1) is 0 Å². The van der Waals surface area contributed by atoms with Crippen LogP contribution < -0.4 is 10.1 Å². The zero-order valence-corrected chi connectivity index (χ0v) is 13.9. The summed E-state index contributed by atoms with van der Waals surface area (Å²) in [5.74, 6) is 1.59. The summed E-state index contributed by atoms with van der Waals surface area (Å²) in [6.07, 6.45) is 2.51. The van der Waals surface area contributed by atoms with Crippen LogP contribution in [0.15, 0.2) is 24.3 Å². The highest BCUT2D eigenvalue weighted by atomic mass is 32.1. The topological polar surface area (TPSA) is 71.9 Å². The quantitative estimate of drug-likeness (QED) is 0.826. The van der Waals surface area contributed by atoms with Gasteiger partial charge in [0.15, 0.2) is 4.77 Å². The predicted octanol–water partition coefficient (Wildman–Crippen LogP) is 2.53. The molecule has 6 nitrogen and oxygen atoms in total. The van der Waals surface area contributed by atoms with Crippen molar-refractivity contribution in [2.75, 3.05) is 6.61 Å². The van der Waals surface area contributed by atoms with Gasteiger partial charge in [0.2, 0.25) is 5.91 Å². The molecule has 0 spiro atoms. The first-order valence-electron chi connectivity index (χ1n) is 7.84. The number of fused-ring (bicyclic) bond motifs is 1. The molecule has 0 aliphatic carbocycles. The van der Waals surface area contributed by atoms with Crippen LogP contribution >= 0.6 is 12.2 Å². The van der Waals surface area contributed by atoms with Crippen molar-refractivity contribution in [3.05, 3.63) is 40.4 Å². The standard InChI is InChI=1S/C16H20N4O2S/c1-2-5-14-18-19-16(23)20(14)10-15(21)17-12-8-9-22-13-7-4-3-6-11(12)13/h3-4,6-7,12H,2,5,8-10H2,1H3,(H,17,21)(H,19,23). The van der Waals surface area contributed by atoms with Crippen molar-refractivity contribution in [1.29, 1.82) is 0 Å². The van der Waals surface area contributed by atoms with Crippen LogP contribution in [0.2, 0.25) is 0 Å². The van der Waals surface area contributed by atoms with Gasteiger partial charge in [-0.25, -0.2) is 0 Å². The fourth-order valence-corrected chi connectivity index (χ4v) is 3.02. The zero-order valence-electron chi connectivity index (χ0n) is 13.0. The third kappa shape index (κ3) is 3.44. The molecule has 2 aromatic rings. The number of benzene rings is 1. The third-order valence-electron chi connectivity index (χ3n) is 3.91. The van der Waals surface area contributed by atoms with Gasteiger partial charge in [0.25, 0.3) is 0 Å². The molecule has 0 radical (unpaired) electrons. The van der Waals surface area contributed by atoms with E-state index in [0.717, 1.165) is 36.4 Å². The first-order valence-corrected chi connectivity index (χ1v) is 8.25. The van der Waals surface area contributed by atoms with Crippen LogP contribution in [0.25, 0.3) is 0 Å². The Morgan fingerprint density at radius 1 is 1.52 bits per heavy atom.